The molecule has 1 saturated heterocycles. The molecule has 0 spiro atoms. The van der Waals surface area contributed by atoms with Crippen molar-refractivity contribution in [3.8, 4) is 0 Å². The van der Waals surface area contributed by atoms with Gasteiger partial charge in [0.2, 0.25) is 0 Å². The van der Waals surface area contributed by atoms with Crippen LogP contribution in [0.15, 0.2) is 0 Å². The average Bonchev–Trinajstić information content (AvgIpc) is 2.85. The molecule has 0 aliphatic carbocycles. The number of aliphatic carboxylic acids is 1. The van der Waals surface area contributed by atoms with Crippen molar-refractivity contribution in [1.82, 2.24) is 15.1 Å². The molecule has 1 fully saturated rings. The fourth-order valence-corrected chi connectivity index (χ4v) is 2.47. The molecule has 1 aliphatic rings. The summed E-state index contributed by atoms with van der Waals surface area (Å²) < 4.78 is 2.01. The van der Waals surface area contributed by atoms with Crippen LogP contribution >= 0.6 is 0 Å². The number of hydrogen-bond acceptors (Lipinski definition) is 3. The maximum Gasteiger partial charge on any atom is 0.303 e. The third kappa shape index (κ3) is 2.49. The number of hydrogen-bond donors (Lipinski definition) is 2. The quantitative estimate of drug-likeness (QED) is 0.830. The lowest BCUT2D eigenvalue weighted by atomic mass is 10.1. The molecule has 94 valence electrons. The molecule has 17 heavy (non-hydrogen) atoms. The molecule has 2 heterocycles. The van der Waals surface area contributed by atoms with Crippen molar-refractivity contribution in [3.63, 3.8) is 0 Å². The van der Waals surface area contributed by atoms with Gasteiger partial charge < -0.3 is 5.11 Å². The SMILES string of the molecule is Cc1nn(C2CCCN2)c(C)c1CCC(=O)O. The molecule has 1 unspecified atom stereocenters. The Morgan fingerprint density at radius 2 is 2.35 bits per heavy atom. The first-order valence-electron chi connectivity index (χ1n) is 6.09. The number of nitrogens with zero attached hydrogens (tertiary/aromatic N) is 2. The van der Waals surface area contributed by atoms with Crippen molar-refractivity contribution in [1.29, 1.82) is 0 Å². The fourth-order valence-electron chi connectivity index (χ4n) is 2.47. The summed E-state index contributed by atoms with van der Waals surface area (Å²) in [6.07, 6.45) is 3.30. The van der Waals surface area contributed by atoms with Gasteiger partial charge in [0.1, 0.15) is 6.17 Å². The molecule has 0 aromatic carbocycles. The second kappa shape index (κ2) is 4.87. The second-order valence-electron chi connectivity index (χ2n) is 4.60. The minimum absolute atomic E-state index is 0.172. The minimum Gasteiger partial charge on any atom is -0.481 e. The van der Waals surface area contributed by atoms with Crippen molar-refractivity contribution >= 4 is 5.97 Å². The molecule has 0 saturated carbocycles. The molecule has 0 amide bonds. The lowest BCUT2D eigenvalue weighted by molar-refractivity contribution is -0.136. The van der Waals surface area contributed by atoms with Crippen LogP contribution in [-0.2, 0) is 11.2 Å². The Morgan fingerprint density at radius 3 is 2.94 bits per heavy atom. The molecule has 0 bridgehead atoms. The zero-order valence-corrected chi connectivity index (χ0v) is 10.4. The number of carbonyl (C=O) groups is 1. The summed E-state index contributed by atoms with van der Waals surface area (Å²) in [5.41, 5.74) is 3.14. The van der Waals surface area contributed by atoms with Gasteiger partial charge in [0, 0.05) is 12.1 Å². The Morgan fingerprint density at radius 1 is 1.59 bits per heavy atom. The Hall–Kier alpha value is -1.36. The first-order chi connectivity index (χ1) is 8.09. The first-order valence-corrected chi connectivity index (χ1v) is 6.09. The van der Waals surface area contributed by atoms with Gasteiger partial charge in [-0.25, -0.2) is 0 Å². The monoisotopic (exact) mass is 237 g/mol. The molecule has 1 atom stereocenters. The number of rotatable bonds is 4. The maximum atomic E-state index is 10.6. The Bertz CT molecular complexity index is 420. The van der Waals surface area contributed by atoms with Crippen LogP contribution in [0, 0.1) is 13.8 Å². The molecule has 5 nitrogen and oxygen atoms in total. The lowest BCUT2D eigenvalue weighted by Gasteiger charge is -2.13. The van der Waals surface area contributed by atoms with Gasteiger partial charge in [-0.05, 0) is 45.2 Å². The van der Waals surface area contributed by atoms with Gasteiger partial charge in [0.25, 0.3) is 0 Å². The Labute approximate surface area is 101 Å². The standard InChI is InChI=1S/C12H19N3O2/c1-8-10(5-6-12(16)17)9(2)15(14-8)11-4-3-7-13-11/h11,13H,3-7H2,1-2H3,(H,16,17). The molecular weight excluding hydrogens is 218 g/mol. The van der Waals surface area contributed by atoms with Gasteiger partial charge in [-0.3, -0.25) is 14.8 Å². The second-order valence-corrected chi connectivity index (χ2v) is 4.60. The van der Waals surface area contributed by atoms with Gasteiger partial charge in [-0.15, -0.1) is 0 Å². The van der Waals surface area contributed by atoms with Crippen LogP contribution < -0.4 is 5.32 Å². The highest BCUT2D eigenvalue weighted by Gasteiger charge is 2.21. The van der Waals surface area contributed by atoms with Crippen LogP contribution in [0.25, 0.3) is 0 Å². The molecule has 1 aliphatic heterocycles. The highest BCUT2D eigenvalue weighted by atomic mass is 16.4. The summed E-state index contributed by atoms with van der Waals surface area (Å²) in [6.45, 7) is 5.01. The van der Waals surface area contributed by atoms with Crippen molar-refractivity contribution < 1.29 is 9.90 Å². The predicted molar refractivity (Wildman–Crippen MR) is 63.9 cm³/mol. The molecule has 1 aromatic rings. The summed E-state index contributed by atoms with van der Waals surface area (Å²) in [5.74, 6) is -0.754. The highest BCUT2D eigenvalue weighted by Crippen LogP contribution is 2.22. The first kappa shape index (κ1) is 12.1. The van der Waals surface area contributed by atoms with Crippen LogP contribution in [0.3, 0.4) is 0 Å². The van der Waals surface area contributed by atoms with Crippen molar-refractivity contribution in [3.05, 3.63) is 17.0 Å². The van der Waals surface area contributed by atoms with Gasteiger partial charge in [-0.2, -0.15) is 5.10 Å². The number of carboxylic acids is 1. The Balaban J connectivity index is 2.18. The number of carboxylic acid groups (broad SMARTS) is 1. The highest BCUT2D eigenvalue weighted by molar-refractivity contribution is 5.67. The number of nitrogens with one attached hydrogen (secondary N) is 1. The van der Waals surface area contributed by atoms with Crippen LogP contribution in [0.1, 0.15) is 42.4 Å². The van der Waals surface area contributed by atoms with E-state index >= 15 is 0 Å². The fraction of sp³-hybridized carbons (Fsp3) is 0.667. The topological polar surface area (TPSA) is 67.2 Å². The van der Waals surface area contributed by atoms with E-state index in [1.807, 2.05) is 18.5 Å². The van der Waals surface area contributed by atoms with E-state index in [0.717, 1.165) is 29.9 Å². The van der Waals surface area contributed by atoms with Crippen molar-refractivity contribution in [2.75, 3.05) is 6.54 Å². The minimum atomic E-state index is -0.754. The largest absolute Gasteiger partial charge is 0.481 e. The third-order valence-corrected chi connectivity index (χ3v) is 3.39. The van der Waals surface area contributed by atoms with E-state index in [0.29, 0.717) is 6.42 Å². The van der Waals surface area contributed by atoms with Crippen LogP contribution in [-0.4, -0.2) is 27.4 Å². The summed E-state index contributed by atoms with van der Waals surface area (Å²) in [4.78, 5) is 10.6. The summed E-state index contributed by atoms with van der Waals surface area (Å²) in [5, 5.41) is 16.7. The molecule has 0 radical (unpaired) electrons. The Kier molecular flexibility index (Phi) is 3.47. The number of aromatic nitrogens is 2. The zero-order valence-electron chi connectivity index (χ0n) is 10.4. The summed E-state index contributed by atoms with van der Waals surface area (Å²) >= 11 is 0. The summed E-state index contributed by atoms with van der Waals surface area (Å²) in [7, 11) is 0. The van der Waals surface area contributed by atoms with Crippen LogP contribution in [0.2, 0.25) is 0 Å². The van der Waals surface area contributed by atoms with Crippen LogP contribution in [0.4, 0.5) is 0 Å². The van der Waals surface area contributed by atoms with Gasteiger partial charge in [0.15, 0.2) is 0 Å². The maximum absolute atomic E-state index is 10.6. The van der Waals surface area contributed by atoms with Crippen molar-refractivity contribution in [2.24, 2.45) is 0 Å². The van der Waals surface area contributed by atoms with E-state index in [4.69, 9.17) is 5.11 Å². The van der Waals surface area contributed by atoms with E-state index in [2.05, 4.69) is 10.4 Å². The van der Waals surface area contributed by atoms with E-state index in [1.54, 1.807) is 0 Å². The van der Waals surface area contributed by atoms with Gasteiger partial charge >= 0.3 is 5.97 Å². The van der Waals surface area contributed by atoms with E-state index < -0.39 is 5.97 Å². The van der Waals surface area contributed by atoms with Gasteiger partial charge in [0.05, 0.1) is 5.69 Å². The van der Waals surface area contributed by atoms with E-state index in [-0.39, 0.29) is 12.6 Å². The lowest BCUT2D eigenvalue weighted by Crippen LogP contribution is -2.22. The average molecular weight is 237 g/mol. The predicted octanol–water partition coefficient (Wildman–Crippen LogP) is 1.40. The molecular formula is C12H19N3O2. The normalized spacial score (nSPS) is 19.8. The number of aryl methyl sites for hydroxylation is 1. The molecule has 5 heteroatoms. The van der Waals surface area contributed by atoms with E-state index in [1.165, 1.54) is 6.42 Å². The molecule has 1 aromatic heterocycles. The molecule has 2 N–H and O–H groups in total. The smallest absolute Gasteiger partial charge is 0.303 e. The molecule has 2 rings (SSSR count). The zero-order chi connectivity index (χ0) is 12.4. The van der Waals surface area contributed by atoms with Crippen LogP contribution in [0.5, 0.6) is 0 Å². The van der Waals surface area contributed by atoms with E-state index in [9.17, 15) is 4.79 Å². The van der Waals surface area contributed by atoms with Crippen molar-refractivity contribution in [2.45, 2.75) is 45.7 Å². The van der Waals surface area contributed by atoms with Gasteiger partial charge in [-0.1, -0.05) is 0 Å². The third-order valence-electron chi connectivity index (χ3n) is 3.39. The summed E-state index contributed by atoms with van der Waals surface area (Å²) in [6, 6.07) is 0.